The van der Waals surface area contributed by atoms with Gasteiger partial charge >= 0.3 is 0 Å². The number of hydrogen-bond donors (Lipinski definition) is 2. The van der Waals surface area contributed by atoms with E-state index in [9.17, 15) is 0 Å². The highest BCUT2D eigenvalue weighted by Crippen LogP contribution is 2.23. The molecule has 0 saturated carbocycles. The van der Waals surface area contributed by atoms with Crippen LogP contribution < -0.4 is 5.73 Å². The Bertz CT molecular complexity index is 704. The van der Waals surface area contributed by atoms with E-state index in [2.05, 4.69) is 39.5 Å². The van der Waals surface area contributed by atoms with E-state index in [0.717, 1.165) is 18.5 Å². The first-order chi connectivity index (χ1) is 9.51. The summed E-state index contributed by atoms with van der Waals surface area (Å²) in [5.41, 5.74) is 9.53. The monoisotopic (exact) mass is 269 g/mol. The van der Waals surface area contributed by atoms with Crippen LogP contribution in [-0.4, -0.2) is 25.3 Å². The number of benzene rings is 1. The van der Waals surface area contributed by atoms with E-state index < -0.39 is 0 Å². The molecule has 1 aromatic carbocycles. The zero-order chi connectivity index (χ0) is 14.2. The molecule has 0 bridgehead atoms. The molecule has 0 fully saturated rings. The number of aromatic amines is 1. The molecule has 0 spiro atoms. The highest BCUT2D eigenvalue weighted by atomic mass is 15.3. The van der Waals surface area contributed by atoms with Crippen molar-refractivity contribution < 1.29 is 0 Å². The predicted octanol–water partition coefficient (Wildman–Crippen LogP) is 2.09. The van der Waals surface area contributed by atoms with E-state index >= 15 is 0 Å². The summed E-state index contributed by atoms with van der Waals surface area (Å²) in [6, 6.07) is 6.42. The molecule has 0 unspecified atom stereocenters. The minimum Gasteiger partial charge on any atom is -0.361 e. The summed E-state index contributed by atoms with van der Waals surface area (Å²) < 4.78 is 1.82. The second-order valence-electron chi connectivity index (χ2n) is 5.95. The molecule has 2 heterocycles. The first-order valence-corrected chi connectivity index (χ1v) is 6.71. The molecule has 3 aromatic rings. The standard InChI is InChI=1S/C15H19N5/c1-15(2,16)6-12-7-18-14-4-3-11(5-13(12)14)8-20-10-17-9-19-20/h3-5,7,9-10,18H,6,8,16H2,1-2H3. The highest BCUT2D eigenvalue weighted by molar-refractivity contribution is 5.84. The van der Waals surface area contributed by atoms with Gasteiger partial charge in [-0.1, -0.05) is 6.07 Å². The van der Waals surface area contributed by atoms with Crippen molar-refractivity contribution in [2.45, 2.75) is 32.4 Å². The van der Waals surface area contributed by atoms with Crippen molar-refractivity contribution in [1.29, 1.82) is 0 Å². The zero-order valence-corrected chi connectivity index (χ0v) is 11.8. The molecule has 0 atom stereocenters. The quantitative estimate of drug-likeness (QED) is 0.761. The predicted molar refractivity (Wildman–Crippen MR) is 79.4 cm³/mol. The Balaban J connectivity index is 1.94. The maximum atomic E-state index is 6.13. The molecule has 5 nitrogen and oxygen atoms in total. The first-order valence-electron chi connectivity index (χ1n) is 6.71. The van der Waals surface area contributed by atoms with Gasteiger partial charge in [-0.25, -0.2) is 9.67 Å². The Kier molecular flexibility index (Phi) is 3.06. The van der Waals surface area contributed by atoms with Crippen LogP contribution in [0.1, 0.15) is 25.0 Å². The van der Waals surface area contributed by atoms with E-state index in [0.29, 0.717) is 0 Å². The second kappa shape index (κ2) is 4.76. The topological polar surface area (TPSA) is 72.5 Å². The third-order valence-electron chi connectivity index (χ3n) is 3.29. The van der Waals surface area contributed by atoms with Crippen molar-refractivity contribution in [3.05, 3.63) is 48.2 Å². The van der Waals surface area contributed by atoms with Gasteiger partial charge < -0.3 is 10.7 Å². The van der Waals surface area contributed by atoms with E-state index in [1.165, 1.54) is 16.5 Å². The van der Waals surface area contributed by atoms with E-state index in [1.807, 2.05) is 18.5 Å². The van der Waals surface area contributed by atoms with Crippen molar-refractivity contribution in [2.24, 2.45) is 5.73 Å². The highest BCUT2D eigenvalue weighted by Gasteiger charge is 2.15. The Morgan fingerprint density at radius 1 is 1.35 bits per heavy atom. The number of fused-ring (bicyclic) bond motifs is 1. The van der Waals surface area contributed by atoms with Gasteiger partial charge in [0.15, 0.2) is 0 Å². The van der Waals surface area contributed by atoms with Crippen LogP contribution in [0.3, 0.4) is 0 Å². The van der Waals surface area contributed by atoms with Crippen molar-refractivity contribution >= 4 is 10.9 Å². The van der Waals surface area contributed by atoms with Gasteiger partial charge in [-0.05, 0) is 43.5 Å². The molecule has 3 rings (SSSR count). The van der Waals surface area contributed by atoms with Crippen molar-refractivity contribution in [2.75, 3.05) is 0 Å². The molecule has 0 saturated heterocycles. The van der Waals surface area contributed by atoms with Gasteiger partial charge in [-0.3, -0.25) is 0 Å². The van der Waals surface area contributed by atoms with Crippen LogP contribution in [0.4, 0.5) is 0 Å². The van der Waals surface area contributed by atoms with Crippen molar-refractivity contribution in [3.8, 4) is 0 Å². The van der Waals surface area contributed by atoms with Crippen molar-refractivity contribution in [1.82, 2.24) is 19.7 Å². The van der Waals surface area contributed by atoms with Gasteiger partial charge in [0.05, 0.1) is 6.54 Å². The minimum atomic E-state index is -0.211. The van der Waals surface area contributed by atoms with Crippen LogP contribution in [-0.2, 0) is 13.0 Å². The van der Waals surface area contributed by atoms with Gasteiger partial charge in [0.1, 0.15) is 12.7 Å². The SMILES string of the molecule is CC(C)(N)Cc1c[nH]c2ccc(Cn3cncn3)cc12. The maximum absolute atomic E-state index is 6.13. The summed E-state index contributed by atoms with van der Waals surface area (Å²) in [5.74, 6) is 0. The average Bonchev–Trinajstić information content (AvgIpc) is 2.98. The van der Waals surface area contributed by atoms with E-state index in [4.69, 9.17) is 5.73 Å². The van der Waals surface area contributed by atoms with Crippen LogP contribution in [0.15, 0.2) is 37.1 Å². The molecular formula is C15H19N5. The first kappa shape index (κ1) is 12.9. The Morgan fingerprint density at radius 2 is 2.20 bits per heavy atom. The van der Waals surface area contributed by atoms with Crippen LogP contribution in [0.25, 0.3) is 10.9 Å². The van der Waals surface area contributed by atoms with Crippen LogP contribution in [0, 0.1) is 0 Å². The lowest BCUT2D eigenvalue weighted by Gasteiger charge is -2.17. The molecule has 3 N–H and O–H groups in total. The molecular weight excluding hydrogens is 250 g/mol. The summed E-state index contributed by atoms with van der Waals surface area (Å²) in [6.07, 6.45) is 6.18. The fraction of sp³-hybridized carbons (Fsp3) is 0.333. The number of aromatic nitrogens is 4. The van der Waals surface area contributed by atoms with Gasteiger partial charge in [0.25, 0.3) is 0 Å². The molecule has 20 heavy (non-hydrogen) atoms. The molecule has 0 radical (unpaired) electrons. The van der Waals surface area contributed by atoms with Gasteiger partial charge in [0.2, 0.25) is 0 Å². The Morgan fingerprint density at radius 3 is 2.90 bits per heavy atom. The largest absolute Gasteiger partial charge is 0.361 e. The lowest BCUT2D eigenvalue weighted by molar-refractivity contribution is 0.518. The summed E-state index contributed by atoms with van der Waals surface area (Å²) in [6.45, 7) is 4.82. The molecule has 0 aliphatic rings. The molecule has 0 amide bonds. The molecule has 104 valence electrons. The number of hydrogen-bond acceptors (Lipinski definition) is 3. The minimum absolute atomic E-state index is 0.211. The lowest BCUT2D eigenvalue weighted by atomic mass is 9.95. The normalized spacial score (nSPS) is 12.2. The van der Waals surface area contributed by atoms with Crippen molar-refractivity contribution in [3.63, 3.8) is 0 Å². The maximum Gasteiger partial charge on any atom is 0.137 e. The number of rotatable bonds is 4. The number of H-pyrrole nitrogens is 1. The third-order valence-corrected chi connectivity index (χ3v) is 3.29. The van der Waals surface area contributed by atoms with Gasteiger partial charge in [0, 0.05) is 22.6 Å². The van der Waals surface area contributed by atoms with Gasteiger partial charge in [-0.15, -0.1) is 0 Å². The lowest BCUT2D eigenvalue weighted by Crippen LogP contribution is -2.34. The third kappa shape index (κ3) is 2.72. The number of nitrogens with two attached hydrogens (primary N) is 1. The molecule has 0 aliphatic carbocycles. The fourth-order valence-corrected chi connectivity index (χ4v) is 2.46. The molecule has 5 heteroatoms. The summed E-state index contributed by atoms with van der Waals surface area (Å²) in [4.78, 5) is 7.27. The average molecular weight is 269 g/mol. The Labute approximate surface area is 117 Å². The number of nitrogens with one attached hydrogen (secondary N) is 1. The Hall–Kier alpha value is -2.14. The number of nitrogens with zero attached hydrogens (tertiary/aromatic N) is 3. The molecule has 0 aliphatic heterocycles. The zero-order valence-electron chi connectivity index (χ0n) is 11.8. The summed E-state index contributed by atoms with van der Waals surface area (Å²) in [7, 11) is 0. The van der Waals surface area contributed by atoms with E-state index in [-0.39, 0.29) is 5.54 Å². The smallest absolute Gasteiger partial charge is 0.137 e. The second-order valence-corrected chi connectivity index (χ2v) is 5.95. The van der Waals surface area contributed by atoms with E-state index in [1.54, 1.807) is 12.7 Å². The van der Waals surface area contributed by atoms with Crippen LogP contribution in [0.5, 0.6) is 0 Å². The molecule has 2 aromatic heterocycles. The summed E-state index contributed by atoms with van der Waals surface area (Å²) >= 11 is 0. The van der Waals surface area contributed by atoms with Crippen LogP contribution in [0.2, 0.25) is 0 Å². The summed E-state index contributed by atoms with van der Waals surface area (Å²) in [5, 5.41) is 5.38. The van der Waals surface area contributed by atoms with Crippen LogP contribution >= 0.6 is 0 Å². The van der Waals surface area contributed by atoms with Gasteiger partial charge in [-0.2, -0.15) is 5.10 Å². The fourth-order valence-electron chi connectivity index (χ4n) is 2.46.